The van der Waals surface area contributed by atoms with E-state index < -0.39 is 0 Å². The predicted molar refractivity (Wildman–Crippen MR) is 72.6 cm³/mol. The second kappa shape index (κ2) is 6.02. The molecule has 0 spiro atoms. The molecule has 0 amide bonds. The van der Waals surface area contributed by atoms with E-state index in [0.29, 0.717) is 24.7 Å². The lowest BCUT2D eigenvalue weighted by atomic mass is 10.2. The van der Waals surface area contributed by atoms with Crippen LogP contribution >= 0.6 is 0 Å². The van der Waals surface area contributed by atoms with Crippen molar-refractivity contribution in [2.45, 2.75) is 12.5 Å². The summed E-state index contributed by atoms with van der Waals surface area (Å²) in [5.74, 6) is 1.97. The summed E-state index contributed by atoms with van der Waals surface area (Å²) in [5.41, 5.74) is 0.882. The Morgan fingerprint density at radius 1 is 1.45 bits per heavy atom. The number of nitrogens with one attached hydrogen (secondary N) is 1. The van der Waals surface area contributed by atoms with Gasteiger partial charge in [-0.1, -0.05) is 17.3 Å². The van der Waals surface area contributed by atoms with Crippen LogP contribution in [0.2, 0.25) is 0 Å². The molecule has 0 saturated carbocycles. The van der Waals surface area contributed by atoms with Crippen LogP contribution < -0.4 is 10.1 Å². The maximum atomic E-state index is 5.41. The predicted octanol–water partition coefficient (Wildman–Crippen LogP) is 1.28. The van der Waals surface area contributed by atoms with Gasteiger partial charge in [0, 0.05) is 24.6 Å². The van der Waals surface area contributed by atoms with E-state index in [4.69, 9.17) is 14.0 Å². The molecule has 0 bridgehead atoms. The molecule has 1 N–H and O–H groups in total. The number of morpholine rings is 1. The SMILES string of the molecule is COc1cccc(-c2noc(CC3COCCN3)n2)c1. The van der Waals surface area contributed by atoms with E-state index in [1.807, 2.05) is 24.3 Å². The lowest BCUT2D eigenvalue weighted by Crippen LogP contribution is -2.42. The summed E-state index contributed by atoms with van der Waals surface area (Å²) in [6.45, 7) is 2.30. The highest BCUT2D eigenvalue weighted by molar-refractivity contribution is 5.56. The molecule has 20 heavy (non-hydrogen) atoms. The van der Waals surface area contributed by atoms with Crippen LogP contribution in [0.5, 0.6) is 5.75 Å². The fourth-order valence-corrected chi connectivity index (χ4v) is 2.18. The van der Waals surface area contributed by atoms with Crippen LogP contribution in [-0.2, 0) is 11.2 Å². The number of rotatable bonds is 4. The molecule has 1 saturated heterocycles. The fraction of sp³-hybridized carbons (Fsp3) is 0.429. The van der Waals surface area contributed by atoms with Gasteiger partial charge in [0.15, 0.2) is 0 Å². The largest absolute Gasteiger partial charge is 0.497 e. The van der Waals surface area contributed by atoms with Gasteiger partial charge in [-0.25, -0.2) is 0 Å². The topological polar surface area (TPSA) is 69.4 Å². The average Bonchev–Trinajstić information content (AvgIpc) is 2.97. The van der Waals surface area contributed by atoms with Gasteiger partial charge >= 0.3 is 0 Å². The minimum Gasteiger partial charge on any atom is -0.497 e. The molecular weight excluding hydrogens is 258 g/mol. The number of aromatic nitrogens is 2. The monoisotopic (exact) mass is 275 g/mol. The molecular formula is C14H17N3O3. The molecule has 106 valence electrons. The van der Waals surface area contributed by atoms with E-state index in [1.165, 1.54) is 0 Å². The van der Waals surface area contributed by atoms with Crippen LogP contribution in [0.1, 0.15) is 5.89 Å². The molecule has 6 heteroatoms. The molecule has 1 aromatic carbocycles. The number of hydrogen-bond donors (Lipinski definition) is 1. The second-order valence-corrected chi connectivity index (χ2v) is 4.67. The zero-order valence-electron chi connectivity index (χ0n) is 11.3. The Morgan fingerprint density at radius 2 is 2.40 bits per heavy atom. The van der Waals surface area contributed by atoms with E-state index in [1.54, 1.807) is 7.11 Å². The highest BCUT2D eigenvalue weighted by atomic mass is 16.5. The maximum Gasteiger partial charge on any atom is 0.228 e. The molecule has 6 nitrogen and oxygen atoms in total. The molecule has 1 aliphatic heterocycles. The third kappa shape index (κ3) is 2.97. The third-order valence-corrected chi connectivity index (χ3v) is 3.22. The highest BCUT2D eigenvalue weighted by Gasteiger charge is 2.17. The summed E-state index contributed by atoms with van der Waals surface area (Å²) >= 11 is 0. The first kappa shape index (κ1) is 13.1. The zero-order chi connectivity index (χ0) is 13.8. The Balaban J connectivity index is 1.72. The van der Waals surface area contributed by atoms with Gasteiger partial charge in [0.25, 0.3) is 0 Å². The van der Waals surface area contributed by atoms with E-state index in [2.05, 4.69) is 15.5 Å². The van der Waals surface area contributed by atoms with E-state index in [0.717, 1.165) is 24.5 Å². The summed E-state index contributed by atoms with van der Waals surface area (Å²) in [6.07, 6.45) is 0.678. The Kier molecular flexibility index (Phi) is 3.94. The van der Waals surface area contributed by atoms with Crippen molar-refractivity contribution in [1.82, 2.24) is 15.5 Å². The number of nitrogens with zero attached hydrogens (tertiary/aromatic N) is 2. The smallest absolute Gasteiger partial charge is 0.228 e. The van der Waals surface area contributed by atoms with E-state index >= 15 is 0 Å². The highest BCUT2D eigenvalue weighted by Crippen LogP contribution is 2.21. The molecule has 1 fully saturated rings. The maximum absolute atomic E-state index is 5.41. The molecule has 3 rings (SSSR count). The van der Waals surface area contributed by atoms with Gasteiger partial charge in [-0.3, -0.25) is 0 Å². The van der Waals surface area contributed by atoms with Crippen LogP contribution in [0.3, 0.4) is 0 Å². The Bertz CT molecular complexity index is 564. The molecule has 1 aliphatic rings. The van der Waals surface area contributed by atoms with E-state index in [9.17, 15) is 0 Å². The molecule has 1 atom stereocenters. The van der Waals surface area contributed by atoms with Crippen LogP contribution in [0, 0.1) is 0 Å². The van der Waals surface area contributed by atoms with Crippen molar-refractivity contribution in [1.29, 1.82) is 0 Å². The molecule has 2 heterocycles. The van der Waals surface area contributed by atoms with Crippen LogP contribution in [-0.4, -0.2) is 43.1 Å². The van der Waals surface area contributed by atoms with Crippen molar-refractivity contribution in [2.24, 2.45) is 0 Å². The third-order valence-electron chi connectivity index (χ3n) is 3.22. The van der Waals surface area contributed by atoms with Crippen molar-refractivity contribution in [3.63, 3.8) is 0 Å². The van der Waals surface area contributed by atoms with Crippen LogP contribution in [0.15, 0.2) is 28.8 Å². The second-order valence-electron chi connectivity index (χ2n) is 4.67. The summed E-state index contributed by atoms with van der Waals surface area (Å²) in [6, 6.07) is 7.84. The summed E-state index contributed by atoms with van der Waals surface area (Å²) < 4.78 is 15.9. The zero-order valence-corrected chi connectivity index (χ0v) is 11.3. The van der Waals surface area contributed by atoms with E-state index in [-0.39, 0.29) is 6.04 Å². The number of methoxy groups -OCH3 is 1. The first-order valence-corrected chi connectivity index (χ1v) is 6.63. The standard InChI is InChI=1S/C14H17N3O3/c1-18-12-4-2-3-10(7-12)14-16-13(20-17-14)8-11-9-19-6-5-15-11/h2-4,7,11,15H,5-6,8-9H2,1H3. The van der Waals surface area contributed by atoms with Crippen molar-refractivity contribution in [2.75, 3.05) is 26.9 Å². The lowest BCUT2D eigenvalue weighted by molar-refractivity contribution is 0.0744. The average molecular weight is 275 g/mol. The Labute approximate surface area is 117 Å². The summed E-state index contributed by atoms with van der Waals surface area (Å²) in [5, 5.41) is 7.38. The quantitative estimate of drug-likeness (QED) is 0.906. The first-order valence-electron chi connectivity index (χ1n) is 6.63. The van der Waals surface area contributed by atoms with Crippen LogP contribution in [0.25, 0.3) is 11.4 Å². The molecule has 0 radical (unpaired) electrons. The summed E-state index contributed by atoms with van der Waals surface area (Å²) in [7, 11) is 1.63. The van der Waals surface area contributed by atoms with Crippen molar-refractivity contribution >= 4 is 0 Å². The van der Waals surface area contributed by atoms with Gasteiger partial charge in [0.05, 0.1) is 20.3 Å². The summed E-state index contributed by atoms with van der Waals surface area (Å²) in [4.78, 5) is 4.42. The number of ether oxygens (including phenoxy) is 2. The lowest BCUT2D eigenvalue weighted by Gasteiger charge is -2.22. The Hall–Kier alpha value is -1.92. The molecule has 2 aromatic rings. The minimum absolute atomic E-state index is 0.238. The number of hydrogen-bond acceptors (Lipinski definition) is 6. The van der Waals surface area contributed by atoms with Gasteiger partial charge < -0.3 is 19.3 Å². The van der Waals surface area contributed by atoms with Crippen molar-refractivity contribution < 1.29 is 14.0 Å². The van der Waals surface area contributed by atoms with Gasteiger partial charge in [0.1, 0.15) is 5.75 Å². The molecule has 0 aliphatic carbocycles. The van der Waals surface area contributed by atoms with Gasteiger partial charge in [0.2, 0.25) is 11.7 Å². The minimum atomic E-state index is 0.238. The Morgan fingerprint density at radius 3 is 3.20 bits per heavy atom. The van der Waals surface area contributed by atoms with Crippen LogP contribution in [0.4, 0.5) is 0 Å². The van der Waals surface area contributed by atoms with Crippen molar-refractivity contribution in [3.05, 3.63) is 30.2 Å². The molecule has 1 unspecified atom stereocenters. The van der Waals surface area contributed by atoms with Gasteiger partial charge in [-0.05, 0) is 12.1 Å². The van der Waals surface area contributed by atoms with Gasteiger partial charge in [-0.2, -0.15) is 4.98 Å². The normalized spacial score (nSPS) is 18.9. The fourth-order valence-electron chi connectivity index (χ4n) is 2.18. The molecule has 1 aromatic heterocycles. The van der Waals surface area contributed by atoms with Crippen molar-refractivity contribution in [3.8, 4) is 17.1 Å². The van der Waals surface area contributed by atoms with Gasteiger partial charge in [-0.15, -0.1) is 0 Å². The first-order chi connectivity index (χ1) is 9.85. The number of benzene rings is 1.